The summed E-state index contributed by atoms with van der Waals surface area (Å²) in [5.74, 6) is 1.45. The zero-order chi connectivity index (χ0) is 14.4. The Kier molecular flexibility index (Phi) is 5.12. The Hall–Kier alpha value is -1.88. The third-order valence-corrected chi connectivity index (χ3v) is 3.06. The molecule has 5 nitrogen and oxygen atoms in total. The van der Waals surface area contributed by atoms with Gasteiger partial charge in [-0.2, -0.15) is 5.10 Å². The van der Waals surface area contributed by atoms with E-state index in [0.717, 1.165) is 18.1 Å². The van der Waals surface area contributed by atoms with E-state index >= 15 is 0 Å². The van der Waals surface area contributed by atoms with Crippen molar-refractivity contribution in [3.63, 3.8) is 0 Å². The van der Waals surface area contributed by atoms with Crippen LogP contribution in [0, 0.1) is 5.92 Å². The van der Waals surface area contributed by atoms with Gasteiger partial charge in [0.15, 0.2) is 0 Å². The highest BCUT2D eigenvalue weighted by Gasteiger charge is 2.12. The average Bonchev–Trinajstić information content (AvgIpc) is 2.86. The first-order chi connectivity index (χ1) is 9.70. The van der Waals surface area contributed by atoms with E-state index in [4.69, 9.17) is 0 Å². The van der Waals surface area contributed by atoms with E-state index < -0.39 is 0 Å². The molecule has 0 aliphatic rings. The number of hydrogen-bond acceptors (Lipinski definition) is 4. The number of benzene rings is 1. The lowest BCUT2D eigenvalue weighted by molar-refractivity contribution is 0.300. The molecule has 0 bridgehead atoms. The van der Waals surface area contributed by atoms with Gasteiger partial charge in [-0.3, -0.25) is 0 Å². The van der Waals surface area contributed by atoms with E-state index in [0.29, 0.717) is 19.0 Å². The summed E-state index contributed by atoms with van der Waals surface area (Å²) in [5.41, 5.74) is 1.08. The molecule has 0 saturated heterocycles. The molecule has 0 amide bonds. The van der Waals surface area contributed by atoms with E-state index in [-0.39, 0.29) is 6.61 Å². The number of rotatable bonds is 7. The van der Waals surface area contributed by atoms with Crippen molar-refractivity contribution in [1.29, 1.82) is 0 Å². The number of anilines is 1. The van der Waals surface area contributed by atoms with E-state index in [2.05, 4.69) is 28.8 Å². The maximum atomic E-state index is 9.26. The SMILES string of the molecule is CC(C)Cn1ncnc1CN(CCO)c1ccccc1. The van der Waals surface area contributed by atoms with Gasteiger partial charge in [0.05, 0.1) is 13.2 Å². The fourth-order valence-corrected chi connectivity index (χ4v) is 2.14. The number of para-hydroxylation sites is 1. The first-order valence-electron chi connectivity index (χ1n) is 6.98. The second-order valence-corrected chi connectivity index (χ2v) is 5.23. The van der Waals surface area contributed by atoms with Gasteiger partial charge in [0.2, 0.25) is 0 Å². The second-order valence-electron chi connectivity index (χ2n) is 5.23. The Morgan fingerprint density at radius 2 is 2.00 bits per heavy atom. The summed E-state index contributed by atoms with van der Waals surface area (Å²) >= 11 is 0. The average molecular weight is 274 g/mol. The molecule has 1 N–H and O–H groups in total. The summed E-state index contributed by atoms with van der Waals surface area (Å²) < 4.78 is 1.94. The van der Waals surface area contributed by atoms with Crippen LogP contribution in [0.5, 0.6) is 0 Å². The first-order valence-corrected chi connectivity index (χ1v) is 6.98. The van der Waals surface area contributed by atoms with Crippen LogP contribution in [-0.4, -0.2) is 33.0 Å². The topological polar surface area (TPSA) is 54.2 Å². The van der Waals surface area contributed by atoms with Crippen LogP contribution in [0.1, 0.15) is 19.7 Å². The van der Waals surface area contributed by atoms with Gasteiger partial charge < -0.3 is 10.0 Å². The highest BCUT2D eigenvalue weighted by atomic mass is 16.3. The highest BCUT2D eigenvalue weighted by Crippen LogP contribution is 2.15. The largest absolute Gasteiger partial charge is 0.395 e. The zero-order valence-electron chi connectivity index (χ0n) is 12.1. The maximum absolute atomic E-state index is 9.26. The minimum atomic E-state index is 0.118. The molecule has 0 aliphatic carbocycles. The molecule has 5 heteroatoms. The molecule has 1 aromatic heterocycles. The van der Waals surface area contributed by atoms with Gasteiger partial charge in [0.25, 0.3) is 0 Å². The predicted octanol–water partition coefficient (Wildman–Crippen LogP) is 1.93. The minimum Gasteiger partial charge on any atom is -0.395 e. The number of aliphatic hydroxyl groups is 1. The molecule has 0 spiro atoms. The van der Waals surface area contributed by atoms with E-state index in [1.807, 2.05) is 35.0 Å². The lowest BCUT2D eigenvalue weighted by Gasteiger charge is -2.23. The molecule has 1 heterocycles. The van der Waals surface area contributed by atoms with Crippen LogP contribution in [0.4, 0.5) is 5.69 Å². The van der Waals surface area contributed by atoms with Gasteiger partial charge >= 0.3 is 0 Å². The van der Waals surface area contributed by atoms with Crippen LogP contribution >= 0.6 is 0 Å². The Morgan fingerprint density at radius 3 is 2.65 bits per heavy atom. The lowest BCUT2D eigenvalue weighted by atomic mass is 10.2. The Morgan fingerprint density at radius 1 is 1.25 bits per heavy atom. The summed E-state index contributed by atoms with van der Waals surface area (Å²) in [6.45, 7) is 6.53. The zero-order valence-corrected chi connectivity index (χ0v) is 12.1. The number of aromatic nitrogens is 3. The summed E-state index contributed by atoms with van der Waals surface area (Å²) in [6.07, 6.45) is 1.60. The van der Waals surface area contributed by atoms with Crippen LogP contribution < -0.4 is 4.90 Å². The van der Waals surface area contributed by atoms with E-state index in [1.54, 1.807) is 6.33 Å². The van der Waals surface area contributed by atoms with Crippen molar-refractivity contribution in [3.05, 3.63) is 42.5 Å². The van der Waals surface area contributed by atoms with Crippen molar-refractivity contribution < 1.29 is 5.11 Å². The van der Waals surface area contributed by atoms with E-state index in [1.165, 1.54) is 0 Å². The third kappa shape index (κ3) is 3.81. The molecule has 0 unspecified atom stereocenters. The van der Waals surface area contributed by atoms with Gasteiger partial charge in [0, 0.05) is 18.8 Å². The van der Waals surface area contributed by atoms with Crippen LogP contribution in [-0.2, 0) is 13.1 Å². The van der Waals surface area contributed by atoms with Crippen molar-refractivity contribution >= 4 is 5.69 Å². The molecule has 108 valence electrons. The standard InChI is InChI=1S/C15H22N4O/c1-13(2)10-19-15(16-12-17-19)11-18(8-9-20)14-6-4-3-5-7-14/h3-7,12-13,20H,8-11H2,1-2H3. The summed E-state index contributed by atoms with van der Waals surface area (Å²) in [5, 5.41) is 13.5. The van der Waals surface area contributed by atoms with Crippen molar-refractivity contribution in [2.24, 2.45) is 5.92 Å². The van der Waals surface area contributed by atoms with Crippen molar-refractivity contribution in [3.8, 4) is 0 Å². The molecule has 20 heavy (non-hydrogen) atoms. The molecule has 0 aliphatic heterocycles. The van der Waals surface area contributed by atoms with E-state index in [9.17, 15) is 5.11 Å². The summed E-state index contributed by atoms with van der Waals surface area (Å²) in [6, 6.07) is 10.1. The van der Waals surface area contributed by atoms with Gasteiger partial charge in [-0.1, -0.05) is 32.0 Å². The molecule has 0 atom stereocenters. The molecule has 2 aromatic rings. The van der Waals surface area contributed by atoms with Gasteiger partial charge in [-0.05, 0) is 18.1 Å². The second kappa shape index (κ2) is 7.05. The molecule has 0 radical (unpaired) electrons. The molecular formula is C15H22N4O. The van der Waals surface area contributed by atoms with Crippen LogP contribution in [0.15, 0.2) is 36.7 Å². The normalized spacial score (nSPS) is 11.0. The molecule has 2 rings (SSSR count). The van der Waals surface area contributed by atoms with Crippen LogP contribution in [0.25, 0.3) is 0 Å². The number of aliphatic hydroxyl groups excluding tert-OH is 1. The van der Waals surface area contributed by atoms with Crippen LogP contribution in [0.3, 0.4) is 0 Å². The monoisotopic (exact) mass is 274 g/mol. The predicted molar refractivity (Wildman–Crippen MR) is 79.4 cm³/mol. The van der Waals surface area contributed by atoms with Gasteiger partial charge in [-0.15, -0.1) is 0 Å². The lowest BCUT2D eigenvalue weighted by Crippen LogP contribution is -2.28. The molecule has 0 saturated carbocycles. The minimum absolute atomic E-state index is 0.118. The Labute approximate surface area is 119 Å². The Balaban J connectivity index is 2.14. The maximum Gasteiger partial charge on any atom is 0.146 e. The Bertz CT molecular complexity index is 510. The van der Waals surface area contributed by atoms with Gasteiger partial charge in [-0.25, -0.2) is 9.67 Å². The number of nitrogens with zero attached hydrogens (tertiary/aromatic N) is 4. The van der Waals surface area contributed by atoms with Crippen LogP contribution in [0.2, 0.25) is 0 Å². The summed E-state index contributed by atoms with van der Waals surface area (Å²) in [4.78, 5) is 6.46. The van der Waals surface area contributed by atoms with Crippen molar-refractivity contribution in [1.82, 2.24) is 14.8 Å². The first kappa shape index (κ1) is 14.5. The highest BCUT2D eigenvalue weighted by molar-refractivity contribution is 5.45. The molecule has 1 aromatic carbocycles. The number of hydrogen-bond donors (Lipinski definition) is 1. The fourth-order valence-electron chi connectivity index (χ4n) is 2.14. The van der Waals surface area contributed by atoms with Crippen molar-refractivity contribution in [2.45, 2.75) is 26.9 Å². The third-order valence-electron chi connectivity index (χ3n) is 3.06. The summed E-state index contributed by atoms with van der Waals surface area (Å²) in [7, 11) is 0. The van der Waals surface area contributed by atoms with Gasteiger partial charge in [0.1, 0.15) is 12.2 Å². The fraction of sp³-hybridized carbons (Fsp3) is 0.467. The van der Waals surface area contributed by atoms with Crippen molar-refractivity contribution in [2.75, 3.05) is 18.1 Å². The quantitative estimate of drug-likeness (QED) is 0.838. The molecule has 0 fully saturated rings. The smallest absolute Gasteiger partial charge is 0.146 e. The molecular weight excluding hydrogens is 252 g/mol.